The van der Waals surface area contributed by atoms with E-state index in [0.717, 1.165) is 31.2 Å². The average molecular weight is 202 g/mol. The molecule has 1 heterocycles. The molecule has 0 aromatic heterocycles. The molecule has 0 bridgehead atoms. The van der Waals surface area contributed by atoms with Crippen molar-refractivity contribution in [3.8, 4) is 0 Å². The van der Waals surface area contributed by atoms with E-state index in [4.69, 9.17) is 9.47 Å². The van der Waals surface area contributed by atoms with Crippen molar-refractivity contribution in [1.82, 2.24) is 0 Å². The molecular weight excluding hydrogens is 188 g/mol. The number of hydrogen-bond donors (Lipinski definition) is 0. The predicted molar refractivity (Wildman–Crippen MR) is 53.0 cm³/mol. The summed E-state index contributed by atoms with van der Waals surface area (Å²) in [5.41, 5.74) is 0. The van der Waals surface area contributed by atoms with Crippen molar-refractivity contribution in [2.75, 3.05) is 19.5 Å². The molecule has 0 saturated carbocycles. The molecule has 4 heteroatoms. The Balaban J connectivity index is 2.37. The lowest BCUT2D eigenvalue weighted by Crippen LogP contribution is -2.17. The first-order valence-corrected chi connectivity index (χ1v) is 5.54. The van der Waals surface area contributed by atoms with E-state index >= 15 is 0 Å². The van der Waals surface area contributed by atoms with Gasteiger partial charge < -0.3 is 9.47 Å². The topological polar surface area (TPSA) is 35.5 Å². The first-order chi connectivity index (χ1) is 6.33. The number of carbonyl (C=O) groups excluding carboxylic acids is 1. The van der Waals surface area contributed by atoms with Gasteiger partial charge in [-0.2, -0.15) is 0 Å². The normalized spacial score (nSPS) is 25.8. The number of rotatable bonds is 1. The van der Waals surface area contributed by atoms with E-state index in [1.54, 1.807) is 6.26 Å². The molecule has 1 atom stereocenters. The van der Waals surface area contributed by atoms with Gasteiger partial charge in [-0.3, -0.25) is 0 Å². The Kier molecular flexibility index (Phi) is 4.93. The van der Waals surface area contributed by atoms with E-state index < -0.39 is 0 Å². The van der Waals surface area contributed by atoms with E-state index in [1.807, 2.05) is 12.2 Å². The monoisotopic (exact) mass is 202 g/mol. The molecule has 1 rings (SSSR count). The van der Waals surface area contributed by atoms with Gasteiger partial charge in [0.05, 0.1) is 13.2 Å². The van der Waals surface area contributed by atoms with E-state index in [9.17, 15) is 4.79 Å². The van der Waals surface area contributed by atoms with Gasteiger partial charge in [-0.25, -0.2) is 4.79 Å². The van der Waals surface area contributed by atoms with Crippen LogP contribution in [0.1, 0.15) is 12.8 Å². The van der Waals surface area contributed by atoms with E-state index in [2.05, 4.69) is 0 Å². The second-order valence-corrected chi connectivity index (χ2v) is 3.47. The van der Waals surface area contributed by atoms with Crippen molar-refractivity contribution in [2.24, 2.45) is 0 Å². The van der Waals surface area contributed by atoms with Crippen LogP contribution in [0.25, 0.3) is 0 Å². The van der Waals surface area contributed by atoms with E-state index in [1.165, 1.54) is 0 Å². The molecule has 0 N–H and O–H groups in total. The van der Waals surface area contributed by atoms with Gasteiger partial charge >= 0.3 is 5.30 Å². The third kappa shape index (κ3) is 4.33. The maximum absolute atomic E-state index is 10.9. The van der Waals surface area contributed by atoms with Crippen LogP contribution in [0.2, 0.25) is 0 Å². The summed E-state index contributed by atoms with van der Waals surface area (Å²) in [5, 5.41) is -0.227. The zero-order valence-corrected chi connectivity index (χ0v) is 8.51. The van der Waals surface area contributed by atoms with Crippen LogP contribution in [-0.2, 0) is 9.47 Å². The molecule has 0 fully saturated rings. The van der Waals surface area contributed by atoms with Gasteiger partial charge in [0.15, 0.2) is 0 Å². The molecular formula is C9H14O3S. The molecule has 0 saturated heterocycles. The fourth-order valence-electron chi connectivity index (χ4n) is 1.07. The zero-order chi connectivity index (χ0) is 9.52. The van der Waals surface area contributed by atoms with Gasteiger partial charge in [0.1, 0.15) is 6.10 Å². The standard InChI is InChI=1S/C9H14O3S/c1-13-9(10)12-8-4-2-3-6-11-7-5-8/h2,4,8H,3,5-7H2,1H3/b4-2+. The second kappa shape index (κ2) is 6.05. The summed E-state index contributed by atoms with van der Waals surface area (Å²) in [6.07, 6.45) is 7.19. The Hall–Kier alpha value is -0.480. The van der Waals surface area contributed by atoms with Gasteiger partial charge in [0, 0.05) is 6.42 Å². The highest BCUT2D eigenvalue weighted by Gasteiger charge is 2.11. The summed E-state index contributed by atoms with van der Waals surface area (Å²) in [7, 11) is 0. The highest BCUT2D eigenvalue weighted by molar-refractivity contribution is 8.12. The second-order valence-electron chi connectivity index (χ2n) is 2.73. The lowest BCUT2D eigenvalue weighted by atomic mass is 10.2. The van der Waals surface area contributed by atoms with Crippen LogP contribution >= 0.6 is 11.8 Å². The van der Waals surface area contributed by atoms with Crippen molar-refractivity contribution in [3.63, 3.8) is 0 Å². The molecule has 13 heavy (non-hydrogen) atoms. The van der Waals surface area contributed by atoms with Crippen LogP contribution < -0.4 is 0 Å². The van der Waals surface area contributed by atoms with Gasteiger partial charge in [0.2, 0.25) is 0 Å². The predicted octanol–water partition coefficient (Wildman–Crippen LogP) is 2.22. The van der Waals surface area contributed by atoms with Crippen LogP contribution in [0.15, 0.2) is 12.2 Å². The van der Waals surface area contributed by atoms with Crippen molar-refractivity contribution in [1.29, 1.82) is 0 Å². The van der Waals surface area contributed by atoms with E-state index in [-0.39, 0.29) is 11.4 Å². The Bertz CT molecular complexity index is 191. The fraction of sp³-hybridized carbons (Fsp3) is 0.667. The number of thioether (sulfide) groups is 1. The van der Waals surface area contributed by atoms with Crippen LogP contribution in [-0.4, -0.2) is 30.9 Å². The summed E-state index contributed by atoms with van der Waals surface area (Å²) >= 11 is 1.09. The summed E-state index contributed by atoms with van der Waals surface area (Å²) in [5.74, 6) is 0. The molecule has 0 aromatic carbocycles. The summed E-state index contributed by atoms with van der Waals surface area (Å²) < 4.78 is 10.4. The van der Waals surface area contributed by atoms with Crippen LogP contribution in [0.5, 0.6) is 0 Å². The molecule has 74 valence electrons. The highest BCUT2D eigenvalue weighted by Crippen LogP contribution is 2.10. The number of ether oxygens (including phenoxy) is 2. The Morgan fingerprint density at radius 3 is 3.23 bits per heavy atom. The minimum atomic E-state index is -0.227. The molecule has 0 spiro atoms. The maximum atomic E-state index is 10.9. The molecule has 3 nitrogen and oxygen atoms in total. The fourth-order valence-corrected chi connectivity index (χ4v) is 1.29. The van der Waals surface area contributed by atoms with Crippen LogP contribution in [0, 0.1) is 0 Å². The molecule has 0 aliphatic carbocycles. The Morgan fingerprint density at radius 2 is 2.46 bits per heavy atom. The SMILES string of the molecule is CSC(=O)OC1/C=C/CCOCC1. The molecule has 1 unspecified atom stereocenters. The largest absolute Gasteiger partial charge is 0.450 e. The Morgan fingerprint density at radius 1 is 1.62 bits per heavy atom. The zero-order valence-electron chi connectivity index (χ0n) is 7.69. The van der Waals surface area contributed by atoms with Crippen molar-refractivity contribution < 1.29 is 14.3 Å². The molecule has 0 amide bonds. The van der Waals surface area contributed by atoms with Crippen molar-refractivity contribution in [2.45, 2.75) is 18.9 Å². The molecule has 1 aliphatic heterocycles. The average Bonchev–Trinajstić information content (AvgIpc) is 2.09. The van der Waals surface area contributed by atoms with Crippen molar-refractivity contribution >= 4 is 17.1 Å². The van der Waals surface area contributed by atoms with Crippen LogP contribution in [0.4, 0.5) is 4.79 Å². The summed E-state index contributed by atoms with van der Waals surface area (Å²) in [6.45, 7) is 1.43. The first-order valence-electron chi connectivity index (χ1n) is 4.32. The van der Waals surface area contributed by atoms with E-state index in [0.29, 0.717) is 6.61 Å². The molecule has 0 radical (unpaired) electrons. The quantitative estimate of drug-likeness (QED) is 0.482. The van der Waals surface area contributed by atoms with Gasteiger partial charge in [-0.15, -0.1) is 0 Å². The van der Waals surface area contributed by atoms with Gasteiger partial charge in [-0.05, 0) is 30.5 Å². The summed E-state index contributed by atoms with van der Waals surface area (Å²) in [6, 6.07) is 0. The third-order valence-corrected chi connectivity index (χ3v) is 2.17. The van der Waals surface area contributed by atoms with Gasteiger partial charge in [-0.1, -0.05) is 6.08 Å². The highest BCUT2D eigenvalue weighted by atomic mass is 32.2. The number of carbonyl (C=O) groups is 1. The smallest absolute Gasteiger partial charge is 0.367 e. The van der Waals surface area contributed by atoms with Crippen molar-refractivity contribution in [3.05, 3.63) is 12.2 Å². The first kappa shape index (κ1) is 10.6. The molecule has 0 aromatic rings. The number of hydrogen-bond acceptors (Lipinski definition) is 4. The van der Waals surface area contributed by atoms with Gasteiger partial charge in [0.25, 0.3) is 0 Å². The lowest BCUT2D eigenvalue weighted by molar-refractivity contribution is 0.0859. The third-order valence-electron chi connectivity index (χ3n) is 1.74. The minimum Gasteiger partial charge on any atom is -0.450 e. The molecule has 1 aliphatic rings. The lowest BCUT2D eigenvalue weighted by Gasteiger charge is -2.15. The Labute approximate surface area is 82.5 Å². The minimum absolute atomic E-state index is 0.111. The summed E-state index contributed by atoms with van der Waals surface area (Å²) in [4.78, 5) is 10.9. The maximum Gasteiger partial charge on any atom is 0.367 e. The van der Waals surface area contributed by atoms with Crippen LogP contribution in [0.3, 0.4) is 0 Å².